The fourth-order valence-electron chi connectivity index (χ4n) is 20.9. The molecule has 0 aromatic rings. The molecule has 4 atom stereocenters. The van der Waals surface area contributed by atoms with Gasteiger partial charge < -0.3 is 107 Å². The smallest absolute Gasteiger partial charge is 0.310 e. The maximum absolute atomic E-state index is 15.2. The molecule has 6 N–H and O–H groups in total. The van der Waals surface area contributed by atoms with E-state index in [2.05, 4.69) is 26.6 Å². The third kappa shape index (κ3) is 28.3. The summed E-state index contributed by atoms with van der Waals surface area (Å²) < 4.78 is 101. The first-order valence-electron chi connectivity index (χ1n) is 44.2. The van der Waals surface area contributed by atoms with Crippen LogP contribution in [0.5, 0.6) is 0 Å². The average molecular weight is 1720 g/mol. The second-order valence-corrected chi connectivity index (χ2v) is 47.0. The largest absolute Gasteiger partial charge is 0.465 e. The predicted molar refractivity (Wildman–Crippen MR) is 447 cm³/mol. The Morgan fingerprint density at radius 3 is 0.678 bits per heavy atom. The molecule has 0 aromatic heterocycles. The van der Waals surface area contributed by atoms with E-state index in [9.17, 15) is 24.3 Å². The van der Waals surface area contributed by atoms with Crippen LogP contribution in [0.25, 0.3) is 0 Å². The Kier molecular flexibility index (Phi) is 30.7. The molecule has 9 fully saturated rings. The second-order valence-electron chi connectivity index (χ2n) is 47.0. The van der Waals surface area contributed by atoms with Crippen molar-refractivity contribution in [2.45, 2.75) is 395 Å². The van der Waals surface area contributed by atoms with Crippen LogP contribution < -0.4 is 26.6 Å². The summed E-state index contributed by atoms with van der Waals surface area (Å²) in [6.45, 7) is 55.3. The molecule has 121 heavy (non-hydrogen) atoms. The molecule has 9 aliphatic heterocycles. The zero-order chi connectivity index (χ0) is 90.4. The Hall–Kier alpha value is -4.80. The number of aliphatic hydroxyl groups excluding tert-OH is 1. The molecule has 694 valence electrons. The summed E-state index contributed by atoms with van der Waals surface area (Å²) in [6.07, 6.45) is -4.33. The molecule has 30 nitrogen and oxygen atoms in total. The molecular weight excluding hydrogens is 1560 g/mol. The van der Waals surface area contributed by atoms with Crippen molar-refractivity contribution >= 4 is 47.8 Å². The Labute approximate surface area is 720 Å². The van der Waals surface area contributed by atoms with Gasteiger partial charge in [-0.3, -0.25) is 38.4 Å². The maximum Gasteiger partial charge on any atom is 0.310 e. The number of hydrogen-bond acceptors (Lipinski definition) is 30. The lowest BCUT2D eigenvalue weighted by molar-refractivity contribution is -0.337. The van der Waals surface area contributed by atoms with Crippen LogP contribution in [0, 0.1) is 56.2 Å². The van der Waals surface area contributed by atoms with E-state index in [1.807, 2.05) is 166 Å². The minimum absolute atomic E-state index is 0.0925. The fourth-order valence-corrected chi connectivity index (χ4v) is 20.9. The van der Waals surface area contributed by atoms with Gasteiger partial charge in [0.25, 0.3) is 0 Å². The third-order valence-corrected chi connectivity index (χ3v) is 25.0. The Morgan fingerprint density at radius 1 is 0.281 bits per heavy atom. The summed E-state index contributed by atoms with van der Waals surface area (Å²) in [5.41, 5.74) is -9.44. The van der Waals surface area contributed by atoms with Crippen molar-refractivity contribution in [3.05, 3.63) is 0 Å². The second kappa shape index (κ2) is 37.1. The lowest BCUT2D eigenvalue weighted by Crippen LogP contribution is -2.60. The molecule has 4 unspecified atom stereocenters. The molecule has 0 saturated carbocycles. The van der Waals surface area contributed by atoms with Crippen molar-refractivity contribution in [2.75, 3.05) is 79.3 Å². The van der Waals surface area contributed by atoms with Gasteiger partial charge in [-0.25, -0.2) is 0 Å². The van der Waals surface area contributed by atoms with E-state index in [1.54, 1.807) is 27.7 Å². The molecule has 0 amide bonds. The number of ether oxygens (including phenoxy) is 16. The van der Waals surface area contributed by atoms with E-state index < -0.39 is 230 Å². The van der Waals surface area contributed by atoms with Gasteiger partial charge >= 0.3 is 47.8 Å². The van der Waals surface area contributed by atoms with Gasteiger partial charge in [0.1, 0.15) is 50.3 Å². The summed E-state index contributed by atoms with van der Waals surface area (Å²) >= 11 is 0. The minimum Gasteiger partial charge on any atom is -0.465 e. The van der Waals surface area contributed by atoms with Crippen LogP contribution in [0.2, 0.25) is 0 Å². The summed E-state index contributed by atoms with van der Waals surface area (Å²) in [4.78, 5) is 119. The van der Waals surface area contributed by atoms with E-state index in [1.165, 1.54) is 0 Å². The highest BCUT2D eigenvalue weighted by atomic mass is 16.7. The highest BCUT2D eigenvalue weighted by Crippen LogP contribution is 2.45. The van der Waals surface area contributed by atoms with E-state index in [0.717, 1.165) is 0 Å². The zero-order valence-corrected chi connectivity index (χ0v) is 78.6. The van der Waals surface area contributed by atoms with Gasteiger partial charge in [0, 0.05) is 141 Å². The molecule has 9 saturated heterocycles. The molecular formula is C91H155N5O25. The minimum atomic E-state index is -1.60. The molecule has 0 aliphatic carbocycles. The third-order valence-electron chi connectivity index (χ3n) is 25.0. The van der Waals surface area contributed by atoms with Crippen molar-refractivity contribution in [1.82, 2.24) is 26.6 Å². The zero-order valence-electron chi connectivity index (χ0n) is 78.6. The molecule has 2 spiro atoms. The Balaban J connectivity index is 0.857. The van der Waals surface area contributed by atoms with Crippen molar-refractivity contribution in [2.24, 2.45) is 56.2 Å². The summed E-state index contributed by atoms with van der Waals surface area (Å²) in [6, 6.07) is 0. The van der Waals surface area contributed by atoms with Crippen LogP contribution in [-0.2, 0) is 114 Å². The Morgan fingerprint density at radius 2 is 0.463 bits per heavy atom. The highest BCUT2D eigenvalue weighted by molar-refractivity contribution is 5.90. The van der Waals surface area contributed by atoms with Gasteiger partial charge in [0.05, 0.1) is 120 Å². The SMILES string of the molecule is CC1(C)CC(OC(=O)CC(C(=O)OCC(C)(C)C2OCC3(COC(C(C)(C)CO)OC3)CO2)C(CC(=O)OCC(C)(C)C2OCC3(CO2)COC(C(C)(C)COC(=O)CC(C(=O)OC2CC(C)(C)NC(C)(C)C2)C(CC(=O)OC2CC(C)(C)NC(C)(C)C2)C(=O)OC2CC(C)(C)NC(C)(C)C2)OC3)C(=O)OC2CC(C)(C)NC(C)(C)C2)CC(C)(C)N1. The highest BCUT2D eigenvalue weighted by Gasteiger charge is 2.55. The monoisotopic (exact) mass is 1720 g/mol. The number of nitrogens with one attached hydrogen (secondary N) is 5. The standard InChI is InChI=1S/C91H155N5O25/c1-76(2,43-97)72-109-47-90(48-110-72)49-115-75(116-50-90)79(7,8)46-108-68(102)60(31-66(100)117-55-33-80(9,10)92-81(11,12)34-55)61(69(103)119-57-37-84(17,18)94-85(19,20)38-57)29-64(98)106-44-77(3,4)73-111-51-91(52-112-73)53-113-74(114-54-91)78(5,6)45-107-65(99)30-62(70(104)120-58-39-86(21,22)95-87(23,24)40-58)63(71(105)121-59-41-88(25,26)96-89(27,28)42-59)32-67(101)118-56-35-82(13,14)93-83(15,16)36-56/h55-63,72-75,92-97H,29-54H2,1-28H3. The van der Waals surface area contributed by atoms with Gasteiger partial charge in [0.15, 0.2) is 25.2 Å². The van der Waals surface area contributed by atoms with Crippen LogP contribution in [0.15, 0.2) is 0 Å². The van der Waals surface area contributed by atoms with Gasteiger partial charge in [-0.1, -0.05) is 55.4 Å². The first-order valence-corrected chi connectivity index (χ1v) is 44.2. The quantitative estimate of drug-likeness (QED) is 0.0287. The molecule has 9 heterocycles. The lowest BCUT2D eigenvalue weighted by Gasteiger charge is -2.48. The maximum atomic E-state index is 15.2. The van der Waals surface area contributed by atoms with Crippen LogP contribution in [0.3, 0.4) is 0 Å². The number of aliphatic hydroxyl groups is 1. The van der Waals surface area contributed by atoms with Gasteiger partial charge in [-0.15, -0.1) is 0 Å². The predicted octanol–water partition coefficient (Wildman–Crippen LogP) is 10.5. The molecule has 0 bridgehead atoms. The molecule has 9 rings (SSSR count). The summed E-state index contributed by atoms with van der Waals surface area (Å²) in [5, 5.41) is 28.0. The lowest BCUT2D eigenvalue weighted by atomic mass is 9.80. The van der Waals surface area contributed by atoms with Crippen LogP contribution in [-0.4, -0.2) is 243 Å². The first kappa shape index (κ1) is 100.0. The van der Waals surface area contributed by atoms with E-state index in [0.29, 0.717) is 64.2 Å². The molecule has 0 aromatic carbocycles. The normalized spacial score (nSPS) is 29.8. The number of carbonyl (C=O) groups is 8. The number of piperidine rings is 5. The van der Waals surface area contributed by atoms with E-state index >= 15 is 19.2 Å². The number of esters is 8. The van der Waals surface area contributed by atoms with Crippen LogP contribution in [0.1, 0.15) is 284 Å². The average Bonchev–Trinajstić information content (AvgIpc) is 0.794. The Bertz CT molecular complexity index is 3520. The van der Waals surface area contributed by atoms with Crippen molar-refractivity contribution in [3.63, 3.8) is 0 Å². The van der Waals surface area contributed by atoms with E-state index in [-0.39, 0.29) is 90.4 Å². The van der Waals surface area contributed by atoms with Gasteiger partial charge in [-0.2, -0.15) is 0 Å². The number of carbonyl (C=O) groups excluding carboxylic acids is 8. The van der Waals surface area contributed by atoms with E-state index in [4.69, 9.17) is 75.8 Å². The van der Waals surface area contributed by atoms with Crippen molar-refractivity contribution < 1.29 is 119 Å². The van der Waals surface area contributed by atoms with Crippen LogP contribution >= 0.6 is 0 Å². The summed E-state index contributed by atoms with van der Waals surface area (Å²) in [5.74, 6) is -12.9. The van der Waals surface area contributed by atoms with Crippen molar-refractivity contribution in [3.8, 4) is 0 Å². The van der Waals surface area contributed by atoms with Gasteiger partial charge in [0.2, 0.25) is 0 Å². The number of hydrogen-bond donors (Lipinski definition) is 6. The van der Waals surface area contributed by atoms with Gasteiger partial charge in [-0.05, 0) is 138 Å². The molecule has 9 aliphatic rings. The topological polar surface area (TPSA) is 365 Å². The summed E-state index contributed by atoms with van der Waals surface area (Å²) in [7, 11) is 0. The first-order chi connectivity index (χ1) is 55.2. The van der Waals surface area contributed by atoms with Crippen LogP contribution in [0.4, 0.5) is 0 Å². The molecule has 0 radical (unpaired) electrons. The van der Waals surface area contributed by atoms with Crippen molar-refractivity contribution in [1.29, 1.82) is 0 Å². The fraction of sp³-hybridized carbons (Fsp3) is 0.912. The number of rotatable bonds is 30. The molecule has 30 heteroatoms.